The Hall–Kier alpha value is -3.98. The maximum atomic E-state index is 13.2. The summed E-state index contributed by atoms with van der Waals surface area (Å²) in [4.78, 5) is 31.3. The van der Waals surface area contributed by atoms with Crippen LogP contribution in [0, 0.1) is 5.82 Å². The van der Waals surface area contributed by atoms with Gasteiger partial charge < -0.3 is 24.4 Å². The van der Waals surface area contributed by atoms with Crippen molar-refractivity contribution >= 4 is 32.9 Å². The van der Waals surface area contributed by atoms with E-state index in [2.05, 4.69) is 9.97 Å². The van der Waals surface area contributed by atoms with Crippen molar-refractivity contribution in [3.63, 3.8) is 0 Å². The van der Waals surface area contributed by atoms with Crippen molar-refractivity contribution in [3.05, 3.63) is 80.9 Å². The van der Waals surface area contributed by atoms with E-state index in [1.165, 1.54) is 37.5 Å². The molecule has 186 valence electrons. The second-order valence-electron chi connectivity index (χ2n) is 8.93. The Labute approximate surface area is 205 Å². The first-order chi connectivity index (χ1) is 17.5. The van der Waals surface area contributed by atoms with Gasteiger partial charge in [-0.25, -0.2) is 9.18 Å². The van der Waals surface area contributed by atoms with Gasteiger partial charge >= 0.3 is 5.63 Å². The van der Waals surface area contributed by atoms with Crippen LogP contribution in [0.15, 0.2) is 62.7 Å². The Kier molecular flexibility index (Phi) is 6.56. The number of ether oxygens (including phenoxy) is 1. The fraction of sp³-hybridized carbons (Fsp3) is 0.296. The van der Waals surface area contributed by atoms with Crippen molar-refractivity contribution in [3.8, 4) is 5.75 Å². The second kappa shape index (κ2) is 9.94. The molecule has 0 saturated heterocycles. The summed E-state index contributed by atoms with van der Waals surface area (Å²) in [5, 5.41) is 0.933. The molecule has 8 nitrogen and oxygen atoms in total. The number of fused-ring (bicyclic) bond motifs is 4. The summed E-state index contributed by atoms with van der Waals surface area (Å²) in [6, 6.07) is 11.3. The number of hydrogen-bond acceptors (Lipinski definition) is 6. The Morgan fingerprint density at radius 3 is 2.67 bits per heavy atom. The number of aromatic nitrogens is 3. The zero-order valence-electron chi connectivity index (χ0n) is 19.9. The highest BCUT2D eigenvalue weighted by Crippen LogP contribution is 2.30. The van der Waals surface area contributed by atoms with Gasteiger partial charge in [0.25, 0.3) is 5.56 Å². The number of H-pyrrole nitrogens is 1. The largest absolute Gasteiger partial charge is 0.495 e. The molecule has 36 heavy (non-hydrogen) atoms. The van der Waals surface area contributed by atoms with E-state index in [0.29, 0.717) is 39.4 Å². The minimum Gasteiger partial charge on any atom is -0.495 e. The van der Waals surface area contributed by atoms with Gasteiger partial charge in [0.2, 0.25) is 0 Å². The van der Waals surface area contributed by atoms with E-state index in [1.54, 1.807) is 31.5 Å². The molecule has 5 aromatic rings. The van der Waals surface area contributed by atoms with Crippen LogP contribution in [-0.4, -0.2) is 21.6 Å². The molecule has 0 bridgehead atoms. The fourth-order valence-electron chi connectivity index (χ4n) is 4.88. The quantitative estimate of drug-likeness (QED) is 0.352. The molecular weight excluding hydrogens is 463 g/mol. The van der Waals surface area contributed by atoms with Crippen molar-refractivity contribution < 1.29 is 13.5 Å². The Balaban J connectivity index is 0.000000149. The normalized spacial score (nSPS) is 14.2. The van der Waals surface area contributed by atoms with Gasteiger partial charge in [0, 0.05) is 35.8 Å². The monoisotopic (exact) mass is 490 g/mol. The minimum absolute atomic E-state index is 0.0643. The molecule has 1 fully saturated rings. The van der Waals surface area contributed by atoms with E-state index in [0.717, 1.165) is 23.9 Å². The van der Waals surface area contributed by atoms with Crippen molar-refractivity contribution in [2.75, 3.05) is 7.11 Å². The molecule has 1 saturated carbocycles. The number of nitrogens with one attached hydrogen (secondary N) is 1. The lowest BCUT2D eigenvalue weighted by atomic mass is 9.95. The van der Waals surface area contributed by atoms with Gasteiger partial charge in [-0.15, -0.1) is 0 Å². The standard InChI is InChI=1S/C15H18N2O2.C12H9FN2O2/c1-19-12-9-14-13(16-10-12)7-8-15(18)17(14)11-5-3-2-4-6-11;13-6-1-2-10-8(3-6)11-9(12(16)17-10)4-7(5-14)15-11/h7-11H,2-6H2,1H3;1-4,15H,5,14H2. The molecule has 0 aliphatic heterocycles. The van der Waals surface area contributed by atoms with Crippen molar-refractivity contribution in [1.82, 2.24) is 14.5 Å². The van der Waals surface area contributed by atoms with Gasteiger partial charge in [-0.05, 0) is 43.2 Å². The summed E-state index contributed by atoms with van der Waals surface area (Å²) in [7, 11) is 1.62. The highest BCUT2D eigenvalue weighted by Gasteiger charge is 2.18. The summed E-state index contributed by atoms with van der Waals surface area (Å²) >= 11 is 0. The molecule has 0 amide bonds. The zero-order valence-corrected chi connectivity index (χ0v) is 19.9. The van der Waals surface area contributed by atoms with Crippen LogP contribution in [0.5, 0.6) is 5.75 Å². The fourth-order valence-corrected chi connectivity index (χ4v) is 4.88. The predicted octanol–water partition coefficient (Wildman–Crippen LogP) is 4.78. The van der Waals surface area contributed by atoms with E-state index in [4.69, 9.17) is 14.9 Å². The number of methoxy groups -OCH3 is 1. The molecule has 1 aromatic carbocycles. The molecule has 3 N–H and O–H groups in total. The molecule has 1 aliphatic carbocycles. The number of nitrogens with zero attached hydrogens (tertiary/aromatic N) is 2. The van der Waals surface area contributed by atoms with Crippen LogP contribution < -0.4 is 21.7 Å². The molecule has 0 unspecified atom stereocenters. The van der Waals surface area contributed by atoms with Crippen LogP contribution in [0.3, 0.4) is 0 Å². The maximum Gasteiger partial charge on any atom is 0.345 e. The topological polar surface area (TPSA) is 116 Å². The third-order valence-corrected chi connectivity index (χ3v) is 6.66. The molecule has 0 atom stereocenters. The summed E-state index contributed by atoms with van der Waals surface area (Å²) in [6.07, 6.45) is 7.53. The molecule has 4 aromatic heterocycles. The lowest BCUT2D eigenvalue weighted by Gasteiger charge is -2.25. The van der Waals surface area contributed by atoms with Gasteiger partial charge in [-0.3, -0.25) is 9.78 Å². The van der Waals surface area contributed by atoms with E-state index >= 15 is 0 Å². The van der Waals surface area contributed by atoms with E-state index < -0.39 is 5.63 Å². The smallest absolute Gasteiger partial charge is 0.345 e. The van der Waals surface area contributed by atoms with Crippen molar-refractivity contribution in [2.45, 2.75) is 44.7 Å². The maximum absolute atomic E-state index is 13.2. The highest BCUT2D eigenvalue weighted by atomic mass is 19.1. The van der Waals surface area contributed by atoms with Crippen molar-refractivity contribution in [1.29, 1.82) is 0 Å². The highest BCUT2D eigenvalue weighted by molar-refractivity contribution is 6.02. The SMILES string of the molecule is COc1cnc2ccc(=O)n(C3CCCCC3)c2c1.NCc1cc2c(=O)oc3ccc(F)cc3c2[nH]1. The van der Waals surface area contributed by atoms with Crippen LogP contribution in [-0.2, 0) is 6.54 Å². The van der Waals surface area contributed by atoms with Crippen LogP contribution in [0.2, 0.25) is 0 Å². The average molecular weight is 491 g/mol. The second-order valence-corrected chi connectivity index (χ2v) is 8.93. The van der Waals surface area contributed by atoms with Gasteiger partial charge in [0.1, 0.15) is 17.1 Å². The number of nitrogens with two attached hydrogens (primary N) is 1. The predicted molar refractivity (Wildman–Crippen MR) is 137 cm³/mol. The molecule has 0 spiro atoms. The van der Waals surface area contributed by atoms with Gasteiger partial charge in [-0.2, -0.15) is 0 Å². The summed E-state index contributed by atoms with van der Waals surface area (Å²) in [5.41, 5.74) is 8.49. The van der Waals surface area contributed by atoms with E-state index in [9.17, 15) is 14.0 Å². The minimum atomic E-state index is -0.449. The lowest BCUT2D eigenvalue weighted by Crippen LogP contribution is -2.26. The summed E-state index contributed by atoms with van der Waals surface area (Å²) in [6.45, 7) is 0.283. The molecule has 1 aliphatic rings. The first-order valence-electron chi connectivity index (χ1n) is 12.0. The Morgan fingerprint density at radius 1 is 1.11 bits per heavy atom. The summed E-state index contributed by atoms with van der Waals surface area (Å²) < 4.78 is 25.4. The third-order valence-electron chi connectivity index (χ3n) is 6.66. The average Bonchev–Trinajstić information content (AvgIpc) is 3.35. The number of benzene rings is 1. The molecule has 0 radical (unpaired) electrons. The third kappa shape index (κ3) is 4.49. The van der Waals surface area contributed by atoms with Crippen LogP contribution in [0.1, 0.15) is 43.8 Å². The van der Waals surface area contributed by atoms with Gasteiger partial charge in [0.05, 0.1) is 35.2 Å². The van der Waals surface area contributed by atoms with Crippen LogP contribution >= 0.6 is 0 Å². The number of pyridine rings is 2. The lowest BCUT2D eigenvalue weighted by molar-refractivity contribution is 0.353. The van der Waals surface area contributed by atoms with Crippen LogP contribution in [0.4, 0.5) is 4.39 Å². The van der Waals surface area contributed by atoms with Crippen LogP contribution in [0.25, 0.3) is 32.9 Å². The Morgan fingerprint density at radius 2 is 1.92 bits per heavy atom. The first-order valence-corrected chi connectivity index (χ1v) is 12.0. The van der Waals surface area contributed by atoms with E-state index in [1.807, 2.05) is 10.6 Å². The van der Waals surface area contributed by atoms with Crippen molar-refractivity contribution in [2.24, 2.45) is 5.73 Å². The zero-order chi connectivity index (χ0) is 25.2. The van der Waals surface area contributed by atoms with E-state index in [-0.39, 0.29) is 17.9 Å². The molecule has 4 heterocycles. The number of rotatable bonds is 3. The molecule has 9 heteroatoms. The molecule has 6 rings (SSSR count). The summed E-state index contributed by atoms with van der Waals surface area (Å²) in [5.74, 6) is 0.319. The van der Waals surface area contributed by atoms with Gasteiger partial charge in [0.15, 0.2) is 0 Å². The number of hydrogen-bond donors (Lipinski definition) is 2. The number of aromatic amines is 1. The Bertz CT molecular complexity index is 1660. The number of halogens is 1. The van der Waals surface area contributed by atoms with Gasteiger partial charge in [-0.1, -0.05) is 19.3 Å². The molecular formula is C27H27FN4O4. The first kappa shape index (κ1) is 23.7.